The van der Waals surface area contributed by atoms with E-state index in [1.807, 2.05) is 43.5 Å². The number of hydrogen-bond acceptors (Lipinski definition) is 7. The van der Waals surface area contributed by atoms with Crippen molar-refractivity contribution in [2.45, 2.75) is 32.4 Å². The fourth-order valence-electron chi connectivity index (χ4n) is 3.42. The lowest BCUT2D eigenvalue weighted by atomic mass is 9.94. The maximum atomic E-state index is 13.1. The Bertz CT molecular complexity index is 1010. The van der Waals surface area contributed by atoms with E-state index in [1.165, 1.54) is 0 Å². The van der Waals surface area contributed by atoms with Crippen LogP contribution in [0.2, 0.25) is 0 Å². The SMILES string of the molecule is CSCC[C@H](N)C(=O)N(C(=O)OCc1ccccc1)c1ccc(C2=NNC(=O)CC2C)cc1. The first kappa shape index (κ1) is 24.5. The number of thioether (sulfide) groups is 1. The highest BCUT2D eigenvalue weighted by molar-refractivity contribution is 7.98. The summed E-state index contributed by atoms with van der Waals surface area (Å²) in [6.45, 7) is 1.96. The van der Waals surface area contributed by atoms with Crippen LogP contribution >= 0.6 is 11.8 Å². The molecular formula is C24H28N4O4S. The number of imide groups is 1. The van der Waals surface area contributed by atoms with E-state index in [0.717, 1.165) is 21.7 Å². The van der Waals surface area contributed by atoms with Gasteiger partial charge in [-0.05, 0) is 41.7 Å². The van der Waals surface area contributed by atoms with Gasteiger partial charge in [-0.1, -0.05) is 49.4 Å². The van der Waals surface area contributed by atoms with Crippen molar-refractivity contribution in [3.8, 4) is 0 Å². The number of hydrazone groups is 1. The lowest BCUT2D eigenvalue weighted by Crippen LogP contribution is -2.47. The number of nitrogens with one attached hydrogen (secondary N) is 1. The third-order valence-corrected chi connectivity index (χ3v) is 5.88. The minimum absolute atomic E-state index is 0.0373. The molecule has 0 spiro atoms. The first-order valence-corrected chi connectivity index (χ1v) is 12.1. The maximum absolute atomic E-state index is 13.1. The van der Waals surface area contributed by atoms with E-state index in [4.69, 9.17) is 10.5 Å². The van der Waals surface area contributed by atoms with Gasteiger partial charge in [0.05, 0.1) is 17.4 Å². The van der Waals surface area contributed by atoms with Crippen molar-refractivity contribution >= 4 is 41.1 Å². The molecule has 0 saturated carbocycles. The first-order valence-electron chi connectivity index (χ1n) is 10.7. The summed E-state index contributed by atoms with van der Waals surface area (Å²) in [6.07, 6.45) is 1.93. The lowest BCUT2D eigenvalue weighted by Gasteiger charge is -2.24. The number of benzene rings is 2. The average Bonchev–Trinajstić information content (AvgIpc) is 2.82. The number of nitrogens with zero attached hydrogens (tertiary/aromatic N) is 2. The van der Waals surface area contributed by atoms with E-state index in [1.54, 1.807) is 36.0 Å². The van der Waals surface area contributed by atoms with Crippen molar-refractivity contribution in [2.75, 3.05) is 16.9 Å². The molecule has 0 bridgehead atoms. The van der Waals surface area contributed by atoms with Crippen LogP contribution in [-0.2, 0) is 20.9 Å². The van der Waals surface area contributed by atoms with E-state index < -0.39 is 18.0 Å². The number of ether oxygens (including phenoxy) is 1. The third kappa shape index (κ3) is 6.43. The summed E-state index contributed by atoms with van der Waals surface area (Å²) in [5.74, 6) is 0.00556. The quantitative estimate of drug-likeness (QED) is 0.614. The molecule has 9 heteroatoms. The number of amides is 3. The van der Waals surface area contributed by atoms with Crippen LogP contribution in [0.15, 0.2) is 59.7 Å². The normalized spacial score (nSPS) is 16.4. The number of anilines is 1. The smallest absolute Gasteiger partial charge is 0.421 e. The van der Waals surface area contributed by atoms with Crippen LogP contribution in [0.1, 0.15) is 30.9 Å². The molecule has 2 aromatic carbocycles. The van der Waals surface area contributed by atoms with Crippen LogP contribution in [-0.4, -0.2) is 41.7 Å². The second-order valence-corrected chi connectivity index (χ2v) is 8.77. The Morgan fingerprint density at radius 1 is 1.21 bits per heavy atom. The van der Waals surface area contributed by atoms with Gasteiger partial charge in [0.15, 0.2) is 0 Å². The fraction of sp³-hybridized carbons (Fsp3) is 0.333. The van der Waals surface area contributed by atoms with Crippen LogP contribution in [0.25, 0.3) is 0 Å². The van der Waals surface area contributed by atoms with E-state index in [2.05, 4.69) is 10.5 Å². The number of hydrogen-bond donors (Lipinski definition) is 2. The van der Waals surface area contributed by atoms with Crippen LogP contribution in [0, 0.1) is 5.92 Å². The molecule has 0 aromatic heterocycles. The van der Waals surface area contributed by atoms with Gasteiger partial charge in [-0.15, -0.1) is 0 Å². The van der Waals surface area contributed by atoms with Crippen molar-refractivity contribution in [1.82, 2.24) is 5.43 Å². The zero-order valence-corrected chi connectivity index (χ0v) is 19.5. The minimum atomic E-state index is -0.834. The van der Waals surface area contributed by atoms with E-state index >= 15 is 0 Å². The van der Waals surface area contributed by atoms with E-state index in [9.17, 15) is 14.4 Å². The molecular weight excluding hydrogens is 440 g/mol. The molecule has 33 heavy (non-hydrogen) atoms. The molecule has 0 saturated heterocycles. The van der Waals surface area contributed by atoms with Gasteiger partial charge in [-0.25, -0.2) is 15.1 Å². The molecule has 3 rings (SSSR count). The second-order valence-electron chi connectivity index (χ2n) is 7.79. The Morgan fingerprint density at radius 2 is 1.91 bits per heavy atom. The van der Waals surface area contributed by atoms with Crippen LogP contribution in [0.4, 0.5) is 10.5 Å². The zero-order chi connectivity index (χ0) is 23.8. The minimum Gasteiger partial charge on any atom is -0.444 e. The van der Waals surface area contributed by atoms with Crippen LogP contribution in [0.3, 0.4) is 0 Å². The van der Waals surface area contributed by atoms with E-state index in [0.29, 0.717) is 24.3 Å². The van der Waals surface area contributed by atoms with Crippen molar-refractivity contribution in [3.63, 3.8) is 0 Å². The van der Waals surface area contributed by atoms with Gasteiger partial charge >= 0.3 is 6.09 Å². The summed E-state index contributed by atoms with van der Waals surface area (Å²) in [5.41, 5.74) is 11.3. The standard InChI is InChI=1S/C24H28N4O4S/c1-16-14-21(29)26-27-22(16)18-8-10-19(11-9-18)28(23(30)20(25)12-13-33-2)24(31)32-15-17-6-4-3-5-7-17/h3-11,16,20H,12-15,25H2,1-2H3,(H,26,29)/t16?,20-/m0/s1. The van der Waals surface area contributed by atoms with Gasteiger partial charge in [0.2, 0.25) is 5.91 Å². The molecule has 1 heterocycles. The first-order chi connectivity index (χ1) is 15.9. The predicted octanol–water partition coefficient (Wildman–Crippen LogP) is 3.30. The molecule has 3 amide bonds. The molecule has 0 aliphatic carbocycles. The average molecular weight is 469 g/mol. The van der Waals surface area contributed by atoms with Crippen molar-refractivity contribution < 1.29 is 19.1 Å². The topological polar surface area (TPSA) is 114 Å². The monoisotopic (exact) mass is 468 g/mol. The summed E-state index contributed by atoms with van der Waals surface area (Å²) in [5, 5.41) is 4.15. The number of carbonyl (C=O) groups excluding carboxylic acids is 3. The molecule has 2 atom stereocenters. The van der Waals surface area contributed by atoms with Gasteiger partial charge in [-0.2, -0.15) is 16.9 Å². The number of carbonyl (C=O) groups is 3. The molecule has 2 aromatic rings. The summed E-state index contributed by atoms with van der Waals surface area (Å²) in [4.78, 5) is 38.6. The highest BCUT2D eigenvalue weighted by Gasteiger charge is 2.30. The summed E-state index contributed by atoms with van der Waals surface area (Å²) < 4.78 is 5.43. The number of nitrogens with two attached hydrogens (primary N) is 1. The molecule has 0 radical (unpaired) electrons. The Morgan fingerprint density at radius 3 is 2.55 bits per heavy atom. The summed E-state index contributed by atoms with van der Waals surface area (Å²) in [6, 6.07) is 15.2. The highest BCUT2D eigenvalue weighted by atomic mass is 32.2. The Kier molecular flexibility index (Phi) is 8.62. The highest BCUT2D eigenvalue weighted by Crippen LogP contribution is 2.22. The molecule has 3 N–H and O–H groups in total. The van der Waals surface area contributed by atoms with Gasteiger partial charge in [0.25, 0.3) is 5.91 Å². The summed E-state index contributed by atoms with van der Waals surface area (Å²) in [7, 11) is 0. The molecule has 174 valence electrons. The van der Waals surface area contributed by atoms with Gasteiger partial charge in [0, 0.05) is 12.3 Å². The van der Waals surface area contributed by atoms with Crippen molar-refractivity contribution in [1.29, 1.82) is 0 Å². The predicted molar refractivity (Wildman–Crippen MR) is 130 cm³/mol. The fourth-order valence-corrected chi connectivity index (χ4v) is 3.91. The van der Waals surface area contributed by atoms with Gasteiger partial charge in [0.1, 0.15) is 6.61 Å². The van der Waals surface area contributed by atoms with Crippen molar-refractivity contribution in [3.05, 3.63) is 65.7 Å². The molecule has 1 aliphatic rings. The van der Waals surface area contributed by atoms with Crippen LogP contribution < -0.4 is 16.1 Å². The van der Waals surface area contributed by atoms with Gasteiger partial charge < -0.3 is 10.5 Å². The maximum Gasteiger partial charge on any atom is 0.421 e. The van der Waals surface area contributed by atoms with Crippen LogP contribution in [0.5, 0.6) is 0 Å². The molecule has 1 unspecified atom stereocenters. The Labute approximate surface area is 197 Å². The molecule has 8 nitrogen and oxygen atoms in total. The van der Waals surface area contributed by atoms with Gasteiger partial charge in [-0.3, -0.25) is 9.59 Å². The second kappa shape index (κ2) is 11.6. The lowest BCUT2D eigenvalue weighted by molar-refractivity contribution is -0.122. The Balaban J connectivity index is 1.82. The third-order valence-electron chi connectivity index (χ3n) is 5.24. The zero-order valence-electron chi connectivity index (χ0n) is 18.7. The largest absolute Gasteiger partial charge is 0.444 e. The summed E-state index contributed by atoms with van der Waals surface area (Å²) >= 11 is 1.58. The Hall–Kier alpha value is -3.17. The van der Waals surface area contributed by atoms with E-state index in [-0.39, 0.29) is 18.4 Å². The van der Waals surface area contributed by atoms with Crippen molar-refractivity contribution in [2.24, 2.45) is 16.8 Å². The molecule has 0 fully saturated rings. The molecule has 1 aliphatic heterocycles. The number of rotatable bonds is 8.